The molecule has 0 unspecified atom stereocenters. The Morgan fingerprint density at radius 2 is 2.00 bits per heavy atom. The number of likely N-dealkylation sites (tertiary alicyclic amines) is 1. The first-order valence-electron chi connectivity index (χ1n) is 6.71. The molecule has 1 heterocycles. The first-order valence-corrected chi connectivity index (χ1v) is 6.71. The molecule has 0 bridgehead atoms. The first-order chi connectivity index (χ1) is 8.99. The van der Waals surface area contributed by atoms with Gasteiger partial charge in [0, 0.05) is 18.7 Å². The normalized spacial score (nSPS) is 17.5. The molecule has 3 nitrogen and oxygen atoms in total. The minimum Gasteiger partial charge on any atom is -0.369 e. The third kappa shape index (κ3) is 3.13. The van der Waals surface area contributed by atoms with E-state index in [4.69, 9.17) is 0 Å². The van der Waals surface area contributed by atoms with Gasteiger partial charge in [-0.05, 0) is 58.1 Å². The number of rotatable bonds is 3. The van der Waals surface area contributed by atoms with Crippen molar-refractivity contribution >= 4 is 11.5 Å². The van der Waals surface area contributed by atoms with Crippen LogP contribution in [0.2, 0.25) is 0 Å². The second kappa shape index (κ2) is 5.70. The van der Waals surface area contributed by atoms with Crippen LogP contribution >= 0.6 is 0 Å². The van der Waals surface area contributed by atoms with Gasteiger partial charge in [0.2, 0.25) is 0 Å². The summed E-state index contributed by atoms with van der Waals surface area (Å²) >= 11 is 0. The van der Waals surface area contributed by atoms with Crippen LogP contribution in [-0.4, -0.2) is 43.9 Å². The fourth-order valence-corrected chi connectivity index (χ4v) is 2.58. The van der Waals surface area contributed by atoms with Gasteiger partial charge >= 0.3 is 0 Å². The highest BCUT2D eigenvalue weighted by Crippen LogP contribution is 2.25. The first kappa shape index (κ1) is 14.0. The van der Waals surface area contributed by atoms with Crippen LogP contribution in [0.4, 0.5) is 10.1 Å². The molecule has 2 rings (SSSR count). The highest BCUT2D eigenvalue weighted by atomic mass is 19.1. The van der Waals surface area contributed by atoms with Gasteiger partial charge in [-0.25, -0.2) is 4.39 Å². The van der Waals surface area contributed by atoms with Crippen LogP contribution in [0.5, 0.6) is 0 Å². The molecule has 1 aliphatic rings. The Labute approximate surface area is 114 Å². The molecule has 0 N–H and O–H groups in total. The highest BCUT2D eigenvalue weighted by molar-refractivity contribution is 5.95. The van der Waals surface area contributed by atoms with Crippen molar-refractivity contribution < 1.29 is 9.18 Å². The largest absolute Gasteiger partial charge is 0.369 e. The van der Waals surface area contributed by atoms with Crippen LogP contribution in [-0.2, 0) is 0 Å². The lowest BCUT2D eigenvalue weighted by Crippen LogP contribution is -2.42. The number of carbonyl (C=O) groups excluding carboxylic acids is 1. The Balaban J connectivity index is 2.20. The van der Waals surface area contributed by atoms with Crippen molar-refractivity contribution in [2.75, 3.05) is 32.1 Å². The number of nitrogens with zero attached hydrogens (tertiary/aromatic N) is 2. The van der Waals surface area contributed by atoms with E-state index in [1.54, 1.807) is 12.1 Å². The molecule has 0 atom stereocenters. The summed E-state index contributed by atoms with van der Waals surface area (Å²) in [5.74, 6) is -0.288. The second-order valence-electron chi connectivity index (χ2n) is 5.37. The molecule has 1 aromatic rings. The van der Waals surface area contributed by atoms with E-state index in [2.05, 4.69) is 11.9 Å². The number of Topliss-reactive ketones (excluding diaryl/α,β-unsaturated/α-hetero) is 1. The van der Waals surface area contributed by atoms with Gasteiger partial charge in [0.1, 0.15) is 5.82 Å². The third-order valence-corrected chi connectivity index (χ3v) is 3.97. The molecule has 1 aliphatic heterocycles. The molecule has 1 saturated heterocycles. The van der Waals surface area contributed by atoms with Crippen LogP contribution in [0.3, 0.4) is 0 Å². The van der Waals surface area contributed by atoms with Crippen LogP contribution in [0.1, 0.15) is 30.1 Å². The molecule has 4 heteroatoms. The average Bonchev–Trinajstić information content (AvgIpc) is 2.39. The number of hydrogen-bond acceptors (Lipinski definition) is 3. The number of ketones is 1. The molecule has 0 aromatic heterocycles. The van der Waals surface area contributed by atoms with Crippen molar-refractivity contribution in [3.63, 3.8) is 0 Å². The molecule has 0 aliphatic carbocycles. The molecule has 19 heavy (non-hydrogen) atoms. The summed E-state index contributed by atoms with van der Waals surface area (Å²) in [6, 6.07) is 4.94. The van der Waals surface area contributed by atoms with Crippen molar-refractivity contribution in [3.05, 3.63) is 29.6 Å². The van der Waals surface area contributed by atoms with Crippen molar-refractivity contribution in [1.82, 2.24) is 4.90 Å². The van der Waals surface area contributed by atoms with Crippen molar-refractivity contribution in [2.24, 2.45) is 0 Å². The quantitative estimate of drug-likeness (QED) is 0.784. The summed E-state index contributed by atoms with van der Waals surface area (Å²) in [6.07, 6.45) is 2.05. The van der Waals surface area contributed by atoms with Gasteiger partial charge in [-0.1, -0.05) is 0 Å². The van der Waals surface area contributed by atoms with E-state index < -0.39 is 0 Å². The smallest absolute Gasteiger partial charge is 0.159 e. The Bertz CT molecular complexity index is 467. The van der Waals surface area contributed by atoms with Crippen molar-refractivity contribution in [2.45, 2.75) is 25.8 Å². The predicted octanol–water partition coefficient (Wildman–Crippen LogP) is 2.56. The Morgan fingerprint density at radius 1 is 1.37 bits per heavy atom. The monoisotopic (exact) mass is 264 g/mol. The van der Waals surface area contributed by atoms with E-state index in [-0.39, 0.29) is 11.6 Å². The molecule has 1 fully saturated rings. The lowest BCUT2D eigenvalue weighted by atomic mass is 10.0. The summed E-state index contributed by atoms with van der Waals surface area (Å²) in [5, 5.41) is 0. The van der Waals surface area contributed by atoms with E-state index in [1.165, 1.54) is 13.0 Å². The van der Waals surface area contributed by atoms with Gasteiger partial charge in [0.15, 0.2) is 5.78 Å². The van der Waals surface area contributed by atoms with Crippen LogP contribution in [0.15, 0.2) is 18.2 Å². The SMILES string of the molecule is CC(=O)c1ccc(F)c(N(C)C2CCN(C)CC2)c1. The summed E-state index contributed by atoms with van der Waals surface area (Å²) in [6.45, 7) is 3.57. The molecular weight excluding hydrogens is 243 g/mol. The maximum atomic E-state index is 14.0. The zero-order chi connectivity index (χ0) is 14.0. The van der Waals surface area contributed by atoms with E-state index in [1.807, 2.05) is 11.9 Å². The maximum absolute atomic E-state index is 14.0. The van der Waals surface area contributed by atoms with Crippen molar-refractivity contribution in [3.8, 4) is 0 Å². The van der Waals surface area contributed by atoms with Crippen molar-refractivity contribution in [1.29, 1.82) is 0 Å². The number of carbonyl (C=O) groups is 1. The molecule has 0 amide bonds. The van der Waals surface area contributed by atoms with E-state index in [0.717, 1.165) is 25.9 Å². The number of piperidine rings is 1. The standard InChI is InChI=1S/C15H21FN2O/c1-11(19)12-4-5-14(16)15(10-12)18(3)13-6-8-17(2)9-7-13/h4-5,10,13H,6-9H2,1-3H3. The van der Waals surface area contributed by atoms with Crippen LogP contribution in [0, 0.1) is 5.82 Å². The summed E-state index contributed by atoms with van der Waals surface area (Å²) in [4.78, 5) is 15.7. The van der Waals surface area contributed by atoms with Crippen LogP contribution < -0.4 is 4.90 Å². The third-order valence-electron chi connectivity index (χ3n) is 3.97. The fourth-order valence-electron chi connectivity index (χ4n) is 2.58. The van der Waals surface area contributed by atoms with Gasteiger partial charge in [-0.3, -0.25) is 4.79 Å². The van der Waals surface area contributed by atoms with Gasteiger partial charge < -0.3 is 9.80 Å². The summed E-state index contributed by atoms with van der Waals surface area (Å²) < 4.78 is 14.0. The molecule has 1 aromatic carbocycles. The van der Waals surface area contributed by atoms with Gasteiger partial charge in [-0.2, -0.15) is 0 Å². The fraction of sp³-hybridized carbons (Fsp3) is 0.533. The van der Waals surface area contributed by atoms with Crippen LogP contribution in [0.25, 0.3) is 0 Å². The molecule has 104 valence electrons. The Morgan fingerprint density at radius 3 is 2.58 bits per heavy atom. The van der Waals surface area contributed by atoms with E-state index in [0.29, 0.717) is 17.3 Å². The predicted molar refractivity (Wildman–Crippen MR) is 75.3 cm³/mol. The van der Waals surface area contributed by atoms with E-state index in [9.17, 15) is 9.18 Å². The number of benzene rings is 1. The topological polar surface area (TPSA) is 23.6 Å². The van der Waals surface area contributed by atoms with E-state index >= 15 is 0 Å². The zero-order valence-corrected chi connectivity index (χ0v) is 11.8. The molecule has 0 spiro atoms. The lowest BCUT2D eigenvalue weighted by molar-refractivity contribution is 0.101. The van der Waals surface area contributed by atoms with Gasteiger partial charge in [0.25, 0.3) is 0 Å². The molecule has 0 saturated carbocycles. The summed E-state index contributed by atoms with van der Waals surface area (Å²) in [7, 11) is 4.02. The summed E-state index contributed by atoms with van der Waals surface area (Å²) in [5.41, 5.74) is 1.10. The second-order valence-corrected chi connectivity index (χ2v) is 5.37. The molecular formula is C15H21FN2O. The maximum Gasteiger partial charge on any atom is 0.159 e. The Hall–Kier alpha value is -1.42. The number of anilines is 1. The highest BCUT2D eigenvalue weighted by Gasteiger charge is 2.22. The van der Waals surface area contributed by atoms with Gasteiger partial charge in [-0.15, -0.1) is 0 Å². The number of hydrogen-bond donors (Lipinski definition) is 0. The Kier molecular flexibility index (Phi) is 4.20. The number of halogens is 1. The lowest BCUT2D eigenvalue weighted by Gasteiger charge is -2.36. The minimum absolute atomic E-state index is 0.0296. The minimum atomic E-state index is -0.258. The van der Waals surface area contributed by atoms with Gasteiger partial charge in [0.05, 0.1) is 5.69 Å². The molecule has 0 radical (unpaired) electrons. The average molecular weight is 264 g/mol. The zero-order valence-electron chi connectivity index (χ0n) is 11.8.